The second-order valence-corrected chi connectivity index (χ2v) is 4.65. The highest BCUT2D eigenvalue weighted by Gasteiger charge is 2.20. The van der Waals surface area contributed by atoms with E-state index in [0.717, 1.165) is 19.1 Å². The lowest BCUT2D eigenvalue weighted by molar-refractivity contribution is -0.110. The van der Waals surface area contributed by atoms with Crippen molar-refractivity contribution in [2.24, 2.45) is 5.92 Å². The van der Waals surface area contributed by atoms with Gasteiger partial charge in [-0.05, 0) is 35.1 Å². The first-order valence-corrected chi connectivity index (χ1v) is 5.99. The van der Waals surface area contributed by atoms with Crippen molar-refractivity contribution in [3.8, 4) is 11.1 Å². The van der Waals surface area contributed by atoms with Crippen LogP contribution in [0.1, 0.15) is 11.1 Å². The molecule has 0 aliphatic heterocycles. The number of fused-ring (bicyclic) bond motifs is 1. The van der Waals surface area contributed by atoms with Crippen LogP contribution >= 0.6 is 0 Å². The standard InChI is InChI=1S/C16H14O/c17-11-12-8-14-6-7-15(10-16(14)9-12)13-4-2-1-3-5-13/h1-7,10-12H,8-9H2. The summed E-state index contributed by atoms with van der Waals surface area (Å²) in [5.74, 6) is 0.191. The summed E-state index contributed by atoms with van der Waals surface area (Å²) in [6.45, 7) is 0. The molecule has 0 amide bonds. The van der Waals surface area contributed by atoms with E-state index in [2.05, 4.69) is 42.5 Å². The second kappa shape index (κ2) is 4.17. The lowest BCUT2D eigenvalue weighted by atomic mass is 10.0. The molecule has 0 N–H and O–H groups in total. The van der Waals surface area contributed by atoms with Gasteiger partial charge in [-0.15, -0.1) is 0 Å². The molecule has 0 heterocycles. The average molecular weight is 222 g/mol. The van der Waals surface area contributed by atoms with Crippen LogP contribution in [0.15, 0.2) is 48.5 Å². The van der Waals surface area contributed by atoms with Gasteiger partial charge in [0, 0.05) is 5.92 Å². The van der Waals surface area contributed by atoms with Gasteiger partial charge in [0.1, 0.15) is 6.29 Å². The minimum absolute atomic E-state index is 0.191. The highest BCUT2D eigenvalue weighted by atomic mass is 16.1. The van der Waals surface area contributed by atoms with Crippen LogP contribution < -0.4 is 0 Å². The predicted octanol–water partition coefficient (Wildman–Crippen LogP) is 3.27. The Balaban J connectivity index is 1.99. The van der Waals surface area contributed by atoms with Gasteiger partial charge in [-0.3, -0.25) is 0 Å². The van der Waals surface area contributed by atoms with E-state index in [9.17, 15) is 4.79 Å². The molecule has 0 spiro atoms. The second-order valence-electron chi connectivity index (χ2n) is 4.65. The fourth-order valence-corrected chi connectivity index (χ4v) is 2.56. The molecule has 1 heteroatoms. The van der Waals surface area contributed by atoms with E-state index in [-0.39, 0.29) is 5.92 Å². The zero-order valence-corrected chi connectivity index (χ0v) is 9.60. The third kappa shape index (κ3) is 1.89. The Labute approximate surface area is 101 Å². The molecule has 0 saturated carbocycles. The molecule has 1 nitrogen and oxygen atoms in total. The Kier molecular flexibility index (Phi) is 2.52. The van der Waals surface area contributed by atoms with E-state index in [1.807, 2.05) is 6.07 Å². The number of benzene rings is 2. The maximum atomic E-state index is 10.8. The normalized spacial score (nSPS) is 17.8. The van der Waals surface area contributed by atoms with Gasteiger partial charge in [0.25, 0.3) is 0 Å². The van der Waals surface area contributed by atoms with Crippen LogP contribution in [-0.4, -0.2) is 6.29 Å². The van der Waals surface area contributed by atoms with Gasteiger partial charge in [0.15, 0.2) is 0 Å². The van der Waals surface area contributed by atoms with Crippen LogP contribution in [0.5, 0.6) is 0 Å². The number of hydrogen-bond donors (Lipinski definition) is 0. The molecule has 3 rings (SSSR count). The summed E-state index contributed by atoms with van der Waals surface area (Å²) in [5, 5.41) is 0. The summed E-state index contributed by atoms with van der Waals surface area (Å²) >= 11 is 0. The van der Waals surface area contributed by atoms with Crippen molar-refractivity contribution < 1.29 is 4.79 Å². The number of rotatable bonds is 2. The fraction of sp³-hybridized carbons (Fsp3) is 0.188. The van der Waals surface area contributed by atoms with Crippen LogP contribution in [0.2, 0.25) is 0 Å². The Hall–Kier alpha value is -1.89. The first-order valence-electron chi connectivity index (χ1n) is 5.99. The van der Waals surface area contributed by atoms with Crippen molar-refractivity contribution in [1.29, 1.82) is 0 Å². The van der Waals surface area contributed by atoms with Gasteiger partial charge in [-0.1, -0.05) is 48.5 Å². The first-order chi connectivity index (χ1) is 8.36. The zero-order chi connectivity index (χ0) is 11.7. The van der Waals surface area contributed by atoms with Gasteiger partial charge < -0.3 is 4.79 Å². The maximum absolute atomic E-state index is 10.8. The Bertz CT molecular complexity index is 543. The molecule has 2 aromatic carbocycles. The minimum Gasteiger partial charge on any atom is -0.303 e. The first kappa shape index (κ1) is 10.3. The Morgan fingerprint density at radius 3 is 2.41 bits per heavy atom. The topological polar surface area (TPSA) is 17.1 Å². The molecule has 1 unspecified atom stereocenters. The summed E-state index contributed by atoms with van der Waals surface area (Å²) in [5.41, 5.74) is 5.16. The zero-order valence-electron chi connectivity index (χ0n) is 9.60. The molecular weight excluding hydrogens is 208 g/mol. The molecule has 84 valence electrons. The summed E-state index contributed by atoms with van der Waals surface area (Å²) in [6.07, 6.45) is 2.90. The predicted molar refractivity (Wildman–Crippen MR) is 68.8 cm³/mol. The average Bonchev–Trinajstić information content (AvgIpc) is 2.81. The number of carbonyl (C=O) groups excluding carboxylic acids is 1. The van der Waals surface area contributed by atoms with Gasteiger partial charge in [-0.25, -0.2) is 0 Å². The molecule has 17 heavy (non-hydrogen) atoms. The third-order valence-corrected chi connectivity index (χ3v) is 3.47. The van der Waals surface area contributed by atoms with E-state index >= 15 is 0 Å². The molecule has 0 aromatic heterocycles. The van der Waals surface area contributed by atoms with E-state index in [0.29, 0.717) is 0 Å². The van der Waals surface area contributed by atoms with Crippen LogP contribution in [0.25, 0.3) is 11.1 Å². The summed E-state index contributed by atoms with van der Waals surface area (Å²) in [7, 11) is 0. The fourth-order valence-electron chi connectivity index (χ4n) is 2.56. The van der Waals surface area contributed by atoms with Crippen molar-refractivity contribution >= 4 is 6.29 Å². The molecule has 0 bridgehead atoms. The van der Waals surface area contributed by atoms with E-state index < -0.39 is 0 Å². The monoisotopic (exact) mass is 222 g/mol. The van der Waals surface area contributed by atoms with E-state index in [4.69, 9.17) is 0 Å². The molecule has 1 atom stereocenters. The molecule has 1 aliphatic carbocycles. The van der Waals surface area contributed by atoms with Crippen molar-refractivity contribution in [2.45, 2.75) is 12.8 Å². The number of hydrogen-bond acceptors (Lipinski definition) is 1. The quantitative estimate of drug-likeness (QED) is 0.713. The van der Waals surface area contributed by atoms with Crippen LogP contribution in [0.4, 0.5) is 0 Å². The van der Waals surface area contributed by atoms with Crippen LogP contribution in [0, 0.1) is 5.92 Å². The lowest BCUT2D eigenvalue weighted by Crippen LogP contribution is -1.99. The van der Waals surface area contributed by atoms with Gasteiger partial charge in [-0.2, -0.15) is 0 Å². The number of aldehydes is 1. The lowest BCUT2D eigenvalue weighted by Gasteiger charge is -2.04. The molecule has 1 aliphatic rings. The van der Waals surface area contributed by atoms with Gasteiger partial charge in [0.05, 0.1) is 0 Å². The van der Waals surface area contributed by atoms with Gasteiger partial charge in [0.2, 0.25) is 0 Å². The molecule has 0 fully saturated rings. The number of carbonyl (C=O) groups is 1. The smallest absolute Gasteiger partial charge is 0.123 e. The highest BCUT2D eigenvalue weighted by molar-refractivity contribution is 5.66. The summed E-state index contributed by atoms with van der Waals surface area (Å²) < 4.78 is 0. The van der Waals surface area contributed by atoms with E-state index in [1.54, 1.807) is 0 Å². The maximum Gasteiger partial charge on any atom is 0.123 e. The van der Waals surface area contributed by atoms with Crippen molar-refractivity contribution in [2.75, 3.05) is 0 Å². The summed E-state index contributed by atoms with van der Waals surface area (Å²) in [6, 6.07) is 16.9. The summed E-state index contributed by atoms with van der Waals surface area (Å²) in [4.78, 5) is 10.8. The minimum atomic E-state index is 0.191. The third-order valence-electron chi connectivity index (χ3n) is 3.47. The van der Waals surface area contributed by atoms with Gasteiger partial charge >= 0.3 is 0 Å². The van der Waals surface area contributed by atoms with Crippen molar-refractivity contribution in [3.63, 3.8) is 0 Å². The van der Waals surface area contributed by atoms with Crippen LogP contribution in [0.3, 0.4) is 0 Å². The molecule has 0 saturated heterocycles. The Morgan fingerprint density at radius 1 is 0.882 bits per heavy atom. The Morgan fingerprint density at radius 2 is 1.65 bits per heavy atom. The SMILES string of the molecule is O=CC1Cc2ccc(-c3ccccc3)cc2C1. The van der Waals surface area contributed by atoms with Crippen LogP contribution in [-0.2, 0) is 17.6 Å². The largest absolute Gasteiger partial charge is 0.303 e. The highest BCUT2D eigenvalue weighted by Crippen LogP contribution is 2.30. The van der Waals surface area contributed by atoms with Crippen molar-refractivity contribution in [1.82, 2.24) is 0 Å². The molecule has 2 aromatic rings. The molecular formula is C16H14O. The van der Waals surface area contributed by atoms with Crippen molar-refractivity contribution in [3.05, 3.63) is 59.7 Å². The molecule has 0 radical (unpaired) electrons. The van der Waals surface area contributed by atoms with E-state index in [1.165, 1.54) is 22.3 Å².